The number of fused-ring (bicyclic) bond motifs is 1. The van der Waals surface area contributed by atoms with Crippen molar-refractivity contribution in [2.45, 2.75) is 13.0 Å². The zero-order chi connectivity index (χ0) is 21.8. The number of carbonyl (C=O) groups excluding carboxylic acids is 1. The lowest BCUT2D eigenvalue weighted by Crippen LogP contribution is -2.48. The lowest BCUT2D eigenvalue weighted by atomic mass is 10.1. The van der Waals surface area contributed by atoms with Crippen LogP contribution in [0.15, 0.2) is 48.9 Å². The second kappa shape index (κ2) is 8.97. The minimum absolute atomic E-state index is 0.0116. The Labute approximate surface area is 180 Å². The molecule has 31 heavy (non-hydrogen) atoms. The average molecular weight is 419 g/mol. The van der Waals surface area contributed by atoms with Crippen LogP contribution in [-0.2, 0) is 9.53 Å². The van der Waals surface area contributed by atoms with Gasteiger partial charge in [-0.25, -0.2) is 9.50 Å². The molecule has 1 unspecified atom stereocenters. The number of nitrogens with zero attached hydrogens (tertiary/aromatic N) is 4. The summed E-state index contributed by atoms with van der Waals surface area (Å²) in [5.41, 5.74) is 10.3. The van der Waals surface area contributed by atoms with Crippen LogP contribution in [0.25, 0.3) is 22.5 Å². The molecule has 0 saturated carbocycles. The Morgan fingerprint density at radius 2 is 2.10 bits per heavy atom. The van der Waals surface area contributed by atoms with Gasteiger partial charge in [0.25, 0.3) is 0 Å². The van der Waals surface area contributed by atoms with Crippen molar-refractivity contribution >= 4 is 29.0 Å². The summed E-state index contributed by atoms with van der Waals surface area (Å²) in [5, 5.41) is 15.4. The molecule has 9 nitrogen and oxygen atoms in total. The first kappa shape index (κ1) is 20.5. The Morgan fingerprint density at radius 1 is 1.29 bits per heavy atom. The number of hydrogen-bond acceptors (Lipinski definition) is 7. The maximum atomic E-state index is 12.6. The van der Waals surface area contributed by atoms with E-state index in [1.165, 1.54) is 6.21 Å². The first-order valence-corrected chi connectivity index (χ1v) is 10.1. The fourth-order valence-corrected chi connectivity index (χ4v) is 3.48. The number of nitrogens with one attached hydrogen (secondary N) is 2. The van der Waals surface area contributed by atoms with Crippen molar-refractivity contribution in [3.63, 3.8) is 0 Å². The Balaban J connectivity index is 1.53. The van der Waals surface area contributed by atoms with Crippen LogP contribution < -0.4 is 11.1 Å². The van der Waals surface area contributed by atoms with Gasteiger partial charge in [0.1, 0.15) is 6.04 Å². The van der Waals surface area contributed by atoms with Crippen LogP contribution in [0.4, 0.5) is 5.69 Å². The number of hydrogen-bond donors (Lipinski definition) is 3. The Morgan fingerprint density at radius 3 is 2.84 bits per heavy atom. The number of nitrogen functional groups attached to an aromatic ring is 1. The second-order valence-corrected chi connectivity index (χ2v) is 7.35. The number of carbonyl (C=O) groups is 1. The number of allylic oxidation sites excluding steroid dienone is 1. The van der Waals surface area contributed by atoms with E-state index < -0.39 is 6.04 Å². The van der Waals surface area contributed by atoms with Crippen LogP contribution in [0, 0.1) is 5.41 Å². The van der Waals surface area contributed by atoms with Gasteiger partial charge in [-0.1, -0.05) is 12.1 Å². The first-order valence-electron chi connectivity index (χ1n) is 10.1. The SMILES string of the molecule is CC(N/C=C(\C=N)c1cnn2c(-c3cccc(N)c3)cnc2c1)C(=O)N1CCOCC1. The van der Waals surface area contributed by atoms with Crippen LogP contribution in [0.5, 0.6) is 0 Å². The summed E-state index contributed by atoms with van der Waals surface area (Å²) in [6, 6.07) is 8.99. The predicted molar refractivity (Wildman–Crippen MR) is 120 cm³/mol. The third-order valence-corrected chi connectivity index (χ3v) is 5.21. The van der Waals surface area contributed by atoms with E-state index in [9.17, 15) is 4.79 Å². The van der Waals surface area contributed by atoms with E-state index in [4.69, 9.17) is 15.9 Å². The highest BCUT2D eigenvalue weighted by molar-refractivity contribution is 6.08. The Bertz CT molecular complexity index is 1130. The van der Waals surface area contributed by atoms with E-state index in [0.717, 1.165) is 16.8 Å². The largest absolute Gasteiger partial charge is 0.399 e. The summed E-state index contributed by atoms with van der Waals surface area (Å²) in [6.07, 6.45) is 6.33. The highest BCUT2D eigenvalue weighted by Gasteiger charge is 2.21. The van der Waals surface area contributed by atoms with Gasteiger partial charge in [0.05, 0.1) is 31.3 Å². The predicted octanol–water partition coefficient (Wildman–Crippen LogP) is 1.81. The molecule has 1 amide bonds. The molecule has 1 aliphatic heterocycles. The highest BCUT2D eigenvalue weighted by Crippen LogP contribution is 2.23. The van der Waals surface area contributed by atoms with Gasteiger partial charge in [-0.15, -0.1) is 0 Å². The van der Waals surface area contributed by atoms with Crippen LogP contribution in [0.2, 0.25) is 0 Å². The third kappa shape index (κ3) is 4.41. The number of anilines is 1. The fourth-order valence-electron chi connectivity index (χ4n) is 3.48. The molecular formula is C22H25N7O2. The van der Waals surface area contributed by atoms with E-state index >= 15 is 0 Å². The number of benzene rings is 1. The normalized spacial score (nSPS) is 15.6. The first-order chi connectivity index (χ1) is 15.1. The number of ether oxygens (including phenoxy) is 1. The van der Waals surface area contributed by atoms with E-state index in [1.54, 1.807) is 28.0 Å². The van der Waals surface area contributed by atoms with Crippen molar-refractivity contribution in [2.24, 2.45) is 0 Å². The summed E-state index contributed by atoms with van der Waals surface area (Å²) < 4.78 is 7.03. The zero-order valence-corrected chi connectivity index (χ0v) is 17.3. The van der Waals surface area contributed by atoms with E-state index in [0.29, 0.717) is 43.2 Å². The number of aromatic nitrogens is 3. The van der Waals surface area contributed by atoms with Crippen molar-refractivity contribution < 1.29 is 9.53 Å². The standard InChI is InChI=1S/C22H25N7O2/c1-15(22(30)28-5-7-31-8-6-28)25-12-18(11-23)17-10-21-26-14-20(29(21)27-13-17)16-3-2-4-19(24)9-16/h2-4,9-15,23,25H,5-8,24H2,1H3/b18-12+,23-11?. The summed E-state index contributed by atoms with van der Waals surface area (Å²) >= 11 is 0. The van der Waals surface area contributed by atoms with Crippen LogP contribution in [-0.4, -0.2) is 64.0 Å². The number of rotatable bonds is 6. The van der Waals surface area contributed by atoms with Gasteiger partial charge < -0.3 is 26.1 Å². The van der Waals surface area contributed by atoms with Crippen molar-refractivity contribution in [2.75, 3.05) is 32.0 Å². The average Bonchev–Trinajstić information content (AvgIpc) is 3.23. The molecule has 1 aliphatic rings. The molecule has 1 fully saturated rings. The number of imidazole rings is 1. The smallest absolute Gasteiger partial charge is 0.244 e. The van der Waals surface area contributed by atoms with Crippen LogP contribution in [0.3, 0.4) is 0 Å². The fraction of sp³-hybridized carbons (Fsp3) is 0.273. The molecular weight excluding hydrogens is 394 g/mol. The van der Waals surface area contributed by atoms with Gasteiger partial charge in [0, 0.05) is 47.9 Å². The van der Waals surface area contributed by atoms with Crippen LogP contribution >= 0.6 is 0 Å². The van der Waals surface area contributed by atoms with E-state index in [2.05, 4.69) is 15.4 Å². The molecule has 9 heteroatoms. The summed E-state index contributed by atoms with van der Waals surface area (Å²) in [7, 11) is 0. The van der Waals surface area contributed by atoms with Crippen LogP contribution in [0.1, 0.15) is 12.5 Å². The third-order valence-electron chi connectivity index (χ3n) is 5.21. The summed E-state index contributed by atoms with van der Waals surface area (Å²) in [4.78, 5) is 18.8. The van der Waals surface area contributed by atoms with Gasteiger partial charge in [-0.2, -0.15) is 5.10 Å². The summed E-state index contributed by atoms with van der Waals surface area (Å²) in [5.74, 6) is 0.0116. The molecule has 3 heterocycles. The molecule has 1 atom stereocenters. The van der Waals surface area contributed by atoms with Crippen molar-refractivity contribution in [3.8, 4) is 11.3 Å². The highest BCUT2D eigenvalue weighted by atomic mass is 16.5. The molecule has 0 aliphatic carbocycles. The van der Waals surface area contributed by atoms with Gasteiger partial charge in [-0.3, -0.25) is 4.79 Å². The zero-order valence-electron chi connectivity index (χ0n) is 17.3. The Kier molecular flexibility index (Phi) is 5.94. The van der Waals surface area contributed by atoms with E-state index in [-0.39, 0.29) is 5.91 Å². The monoisotopic (exact) mass is 419 g/mol. The quantitative estimate of drug-likeness (QED) is 0.414. The molecule has 0 spiro atoms. The van der Waals surface area contributed by atoms with E-state index in [1.807, 2.05) is 37.3 Å². The minimum Gasteiger partial charge on any atom is -0.399 e. The molecule has 4 rings (SSSR count). The molecule has 4 N–H and O–H groups in total. The lowest BCUT2D eigenvalue weighted by Gasteiger charge is -2.29. The van der Waals surface area contributed by atoms with Crippen molar-refractivity contribution in [1.29, 1.82) is 5.41 Å². The van der Waals surface area contributed by atoms with Gasteiger partial charge in [0.2, 0.25) is 5.91 Å². The second-order valence-electron chi connectivity index (χ2n) is 7.35. The molecule has 2 aromatic heterocycles. The molecule has 0 radical (unpaired) electrons. The number of amides is 1. The summed E-state index contributed by atoms with van der Waals surface area (Å²) in [6.45, 7) is 4.13. The molecule has 0 bridgehead atoms. The molecule has 3 aromatic rings. The van der Waals surface area contributed by atoms with Gasteiger partial charge in [-0.05, 0) is 25.1 Å². The Hall–Kier alpha value is -3.72. The topological polar surface area (TPSA) is 122 Å². The van der Waals surface area contributed by atoms with Gasteiger partial charge >= 0.3 is 0 Å². The molecule has 160 valence electrons. The molecule has 1 saturated heterocycles. The minimum atomic E-state index is -0.411. The molecule has 1 aromatic carbocycles. The lowest BCUT2D eigenvalue weighted by molar-refractivity contribution is -0.136. The maximum absolute atomic E-state index is 12.6. The number of nitrogens with two attached hydrogens (primary N) is 1. The number of morpholine rings is 1. The van der Waals surface area contributed by atoms with Crippen molar-refractivity contribution in [1.82, 2.24) is 24.8 Å². The van der Waals surface area contributed by atoms with Gasteiger partial charge in [0.15, 0.2) is 5.65 Å². The van der Waals surface area contributed by atoms with Crippen molar-refractivity contribution in [3.05, 3.63) is 54.5 Å². The maximum Gasteiger partial charge on any atom is 0.244 e.